The van der Waals surface area contributed by atoms with Gasteiger partial charge >= 0.3 is 6.09 Å². The molecule has 2 N–H and O–H groups in total. The van der Waals surface area contributed by atoms with E-state index in [4.69, 9.17) is 10.5 Å². The summed E-state index contributed by atoms with van der Waals surface area (Å²) in [4.78, 5) is 15.5. The number of anilines is 2. The number of nitrogen functional groups attached to an aromatic ring is 1. The van der Waals surface area contributed by atoms with E-state index in [1.165, 1.54) is 11.3 Å². The van der Waals surface area contributed by atoms with Crippen LogP contribution in [0.1, 0.15) is 12.8 Å². The van der Waals surface area contributed by atoms with Gasteiger partial charge in [-0.2, -0.15) is 0 Å². The molecule has 0 aromatic carbocycles. The van der Waals surface area contributed by atoms with Gasteiger partial charge in [0.15, 0.2) is 0 Å². The van der Waals surface area contributed by atoms with Crippen LogP contribution in [0.5, 0.6) is 0 Å². The van der Waals surface area contributed by atoms with Gasteiger partial charge in [0.2, 0.25) is 10.3 Å². The van der Waals surface area contributed by atoms with Gasteiger partial charge in [0.05, 0.1) is 6.54 Å². The average Bonchev–Trinajstić information content (AvgIpc) is 2.98. The lowest BCUT2D eigenvalue weighted by Gasteiger charge is -2.35. The molecule has 7 nitrogen and oxygen atoms in total. The van der Waals surface area contributed by atoms with E-state index in [1.54, 1.807) is 0 Å². The highest BCUT2D eigenvalue weighted by Gasteiger charge is 2.32. The molecule has 0 bridgehead atoms. The molecule has 1 aromatic heterocycles. The van der Waals surface area contributed by atoms with E-state index < -0.39 is 0 Å². The summed E-state index contributed by atoms with van der Waals surface area (Å²) in [6.45, 7) is 2.99. The number of hydrogen-bond donors (Lipinski definition) is 1. The van der Waals surface area contributed by atoms with Crippen molar-refractivity contribution in [2.45, 2.75) is 18.9 Å². The van der Waals surface area contributed by atoms with Gasteiger partial charge in [-0.25, -0.2) is 4.79 Å². The fourth-order valence-electron chi connectivity index (χ4n) is 2.46. The lowest BCUT2D eigenvalue weighted by atomic mass is 10.0. The molecule has 1 aromatic rings. The van der Waals surface area contributed by atoms with Crippen molar-refractivity contribution >= 4 is 27.7 Å². The molecule has 1 amide bonds. The molecule has 2 aliphatic rings. The molecular weight excluding hydrogens is 254 g/mol. The quantitative estimate of drug-likeness (QED) is 0.843. The summed E-state index contributed by atoms with van der Waals surface area (Å²) >= 11 is 1.40. The van der Waals surface area contributed by atoms with Crippen LogP contribution in [-0.4, -0.2) is 53.5 Å². The lowest BCUT2D eigenvalue weighted by Crippen LogP contribution is -2.45. The smallest absolute Gasteiger partial charge is 0.410 e. The summed E-state index contributed by atoms with van der Waals surface area (Å²) in [5.41, 5.74) is 5.58. The maximum absolute atomic E-state index is 11.5. The molecule has 18 heavy (non-hydrogen) atoms. The Hall–Kier alpha value is -1.57. The van der Waals surface area contributed by atoms with Crippen LogP contribution in [0.15, 0.2) is 0 Å². The summed E-state index contributed by atoms with van der Waals surface area (Å²) in [7, 11) is 0. The van der Waals surface area contributed by atoms with Crippen LogP contribution in [0, 0.1) is 0 Å². The van der Waals surface area contributed by atoms with Gasteiger partial charge in [-0.05, 0) is 12.8 Å². The monoisotopic (exact) mass is 269 g/mol. The molecule has 3 heterocycles. The molecule has 8 heteroatoms. The molecule has 0 aliphatic carbocycles. The number of amides is 1. The van der Waals surface area contributed by atoms with E-state index in [2.05, 4.69) is 15.1 Å². The zero-order valence-electron chi connectivity index (χ0n) is 9.91. The van der Waals surface area contributed by atoms with Crippen molar-refractivity contribution in [2.75, 3.05) is 36.9 Å². The van der Waals surface area contributed by atoms with Crippen LogP contribution in [0.3, 0.4) is 0 Å². The van der Waals surface area contributed by atoms with E-state index in [0.29, 0.717) is 17.8 Å². The second-order valence-electron chi connectivity index (χ2n) is 4.45. The molecule has 0 saturated carbocycles. The van der Waals surface area contributed by atoms with Crippen molar-refractivity contribution in [3.05, 3.63) is 0 Å². The Morgan fingerprint density at radius 2 is 2.06 bits per heavy atom. The number of carbonyl (C=O) groups excluding carboxylic acids is 1. The Morgan fingerprint density at radius 3 is 2.61 bits per heavy atom. The highest BCUT2D eigenvalue weighted by atomic mass is 32.1. The molecule has 2 fully saturated rings. The van der Waals surface area contributed by atoms with Crippen LogP contribution in [-0.2, 0) is 4.74 Å². The van der Waals surface area contributed by atoms with Crippen LogP contribution in [0.2, 0.25) is 0 Å². The fourth-order valence-corrected chi connectivity index (χ4v) is 3.12. The summed E-state index contributed by atoms with van der Waals surface area (Å²) in [6.07, 6.45) is 1.71. The molecule has 98 valence electrons. The van der Waals surface area contributed by atoms with Crippen molar-refractivity contribution in [3.8, 4) is 0 Å². The highest BCUT2D eigenvalue weighted by Crippen LogP contribution is 2.27. The van der Waals surface area contributed by atoms with Gasteiger partial charge in [0.1, 0.15) is 6.61 Å². The first kappa shape index (κ1) is 11.5. The number of carbonyl (C=O) groups is 1. The molecule has 0 atom stereocenters. The first-order valence-electron chi connectivity index (χ1n) is 6.01. The first-order valence-corrected chi connectivity index (χ1v) is 6.83. The number of ether oxygens (including phenoxy) is 1. The summed E-state index contributed by atoms with van der Waals surface area (Å²) < 4.78 is 4.97. The van der Waals surface area contributed by atoms with Crippen molar-refractivity contribution in [2.24, 2.45) is 0 Å². The molecular formula is C10H15N5O2S. The van der Waals surface area contributed by atoms with E-state index in [1.807, 2.05) is 4.90 Å². The second kappa shape index (κ2) is 4.60. The minimum atomic E-state index is -0.173. The number of nitrogens with two attached hydrogens (primary N) is 1. The molecule has 0 unspecified atom stereocenters. The van der Waals surface area contributed by atoms with Gasteiger partial charge in [0, 0.05) is 19.1 Å². The van der Waals surface area contributed by atoms with E-state index in [0.717, 1.165) is 37.6 Å². The number of cyclic esters (lactones) is 1. The standard InChI is InChI=1S/C10H15N5O2S/c11-8-12-13-9(18-8)14-3-1-7(2-4-14)15-5-6-17-10(15)16/h7H,1-6H2,(H2,11,12). The largest absolute Gasteiger partial charge is 0.448 e. The van der Waals surface area contributed by atoms with Crippen molar-refractivity contribution in [1.82, 2.24) is 15.1 Å². The van der Waals surface area contributed by atoms with Crippen LogP contribution in [0.25, 0.3) is 0 Å². The predicted molar refractivity (Wildman–Crippen MR) is 67.6 cm³/mol. The summed E-state index contributed by atoms with van der Waals surface area (Å²) in [5, 5.41) is 9.23. The molecule has 0 spiro atoms. The third kappa shape index (κ3) is 2.07. The number of piperidine rings is 1. The van der Waals surface area contributed by atoms with Crippen molar-refractivity contribution in [3.63, 3.8) is 0 Å². The number of nitrogens with zero attached hydrogens (tertiary/aromatic N) is 4. The molecule has 2 saturated heterocycles. The molecule has 0 radical (unpaired) electrons. The Morgan fingerprint density at radius 1 is 1.28 bits per heavy atom. The predicted octanol–water partition coefficient (Wildman–Crippen LogP) is 0.541. The third-order valence-corrected chi connectivity index (χ3v) is 4.21. The second-order valence-corrected chi connectivity index (χ2v) is 5.44. The Bertz CT molecular complexity index is 443. The fraction of sp³-hybridized carbons (Fsp3) is 0.700. The zero-order chi connectivity index (χ0) is 12.5. The van der Waals surface area contributed by atoms with Gasteiger partial charge in [-0.3, -0.25) is 0 Å². The topological polar surface area (TPSA) is 84.6 Å². The van der Waals surface area contributed by atoms with Crippen LogP contribution < -0.4 is 10.6 Å². The highest BCUT2D eigenvalue weighted by molar-refractivity contribution is 7.18. The number of hydrogen-bond acceptors (Lipinski definition) is 7. The van der Waals surface area contributed by atoms with Crippen molar-refractivity contribution < 1.29 is 9.53 Å². The van der Waals surface area contributed by atoms with E-state index in [9.17, 15) is 4.79 Å². The van der Waals surface area contributed by atoms with Gasteiger partial charge < -0.3 is 20.3 Å². The molecule has 3 rings (SSSR count). The zero-order valence-corrected chi connectivity index (χ0v) is 10.7. The maximum atomic E-state index is 11.5. The van der Waals surface area contributed by atoms with E-state index >= 15 is 0 Å². The minimum absolute atomic E-state index is 0.173. The Labute approximate surface area is 109 Å². The molecule has 2 aliphatic heterocycles. The van der Waals surface area contributed by atoms with Crippen LogP contribution in [0.4, 0.5) is 15.1 Å². The normalized spacial score (nSPS) is 21.4. The SMILES string of the molecule is Nc1nnc(N2CCC(N3CCOC3=O)CC2)s1. The summed E-state index contributed by atoms with van der Waals surface area (Å²) in [5.74, 6) is 0. The first-order chi connectivity index (χ1) is 8.74. The Balaban J connectivity index is 1.59. The van der Waals surface area contributed by atoms with Gasteiger partial charge in [0.25, 0.3) is 0 Å². The van der Waals surface area contributed by atoms with Gasteiger partial charge in [-0.15, -0.1) is 10.2 Å². The maximum Gasteiger partial charge on any atom is 0.410 e. The van der Waals surface area contributed by atoms with Crippen molar-refractivity contribution in [1.29, 1.82) is 0 Å². The number of aromatic nitrogens is 2. The average molecular weight is 269 g/mol. The Kier molecular flexibility index (Phi) is 2.94. The lowest BCUT2D eigenvalue weighted by molar-refractivity contribution is 0.142. The van der Waals surface area contributed by atoms with Gasteiger partial charge in [-0.1, -0.05) is 11.3 Å². The van der Waals surface area contributed by atoms with E-state index in [-0.39, 0.29) is 6.09 Å². The van der Waals surface area contributed by atoms with Crippen LogP contribution >= 0.6 is 11.3 Å². The summed E-state index contributed by atoms with van der Waals surface area (Å²) in [6, 6.07) is 0.293. The third-order valence-electron chi connectivity index (χ3n) is 3.40. The minimum Gasteiger partial charge on any atom is -0.448 e. The number of rotatable bonds is 2.